The summed E-state index contributed by atoms with van der Waals surface area (Å²) in [4.78, 5) is 0. The second-order valence-electron chi connectivity index (χ2n) is 11.0. The summed E-state index contributed by atoms with van der Waals surface area (Å²) >= 11 is 0. The molecule has 7 rings (SSSR count). The Morgan fingerprint density at radius 1 is 0.897 bits per heavy atom. The number of hydrogen-bond acceptors (Lipinski definition) is 2. The highest BCUT2D eigenvalue weighted by Gasteiger charge is 2.45. The van der Waals surface area contributed by atoms with Gasteiger partial charge in [-0.15, -0.1) is 0 Å². The van der Waals surface area contributed by atoms with E-state index in [1.54, 1.807) is 18.2 Å². The normalized spacial score (nSPS) is 20.3. The van der Waals surface area contributed by atoms with Crippen molar-refractivity contribution in [2.24, 2.45) is 0 Å². The topological polar surface area (TPSA) is 33.0 Å². The summed E-state index contributed by atoms with van der Waals surface area (Å²) < 4.78 is 35.2. The molecule has 0 bridgehead atoms. The summed E-state index contributed by atoms with van der Waals surface area (Å²) in [7, 11) is 0. The lowest BCUT2D eigenvalue weighted by atomic mass is 9.75. The Morgan fingerprint density at radius 3 is 2.38 bits per heavy atom. The fraction of sp³-hybridized carbons (Fsp3) is 0.171. The summed E-state index contributed by atoms with van der Waals surface area (Å²) in [5.41, 5.74) is 6.55. The Kier molecular flexibility index (Phi) is 5.00. The van der Waals surface area contributed by atoms with Crippen LogP contribution in [-0.4, -0.2) is 0 Å². The number of hydrogen-bond donors (Lipinski definition) is 0. The van der Waals surface area contributed by atoms with Crippen molar-refractivity contribution in [3.63, 3.8) is 0 Å². The first kappa shape index (κ1) is 23.6. The van der Waals surface area contributed by atoms with Gasteiger partial charge in [-0.2, -0.15) is 5.26 Å². The minimum atomic E-state index is -1.00. The molecule has 0 N–H and O–H groups in total. The molecule has 0 fully saturated rings. The highest BCUT2D eigenvalue weighted by molar-refractivity contribution is 6.08. The maximum atomic E-state index is 14.1. The molecule has 190 valence electrons. The molecule has 1 atom stereocenters. The number of nitriles is 1. The molecular formula is C35H25F2NO. The number of ether oxygens (including phenoxy) is 1. The Bertz CT molecular complexity index is 1840. The van der Waals surface area contributed by atoms with Crippen molar-refractivity contribution in [1.29, 1.82) is 5.26 Å². The van der Waals surface area contributed by atoms with Crippen LogP contribution in [0, 0.1) is 17.1 Å². The zero-order chi connectivity index (χ0) is 26.9. The van der Waals surface area contributed by atoms with Gasteiger partial charge in [-0.05, 0) is 76.1 Å². The van der Waals surface area contributed by atoms with E-state index in [4.69, 9.17) is 4.74 Å². The molecule has 0 saturated heterocycles. The van der Waals surface area contributed by atoms with Gasteiger partial charge in [0.15, 0.2) is 5.60 Å². The minimum Gasteiger partial charge on any atom is -0.473 e. The predicted octanol–water partition coefficient (Wildman–Crippen LogP) is 9.03. The molecule has 1 aliphatic heterocycles. The van der Waals surface area contributed by atoms with Crippen molar-refractivity contribution in [3.8, 4) is 22.9 Å². The van der Waals surface area contributed by atoms with Crippen LogP contribution >= 0.6 is 0 Å². The molecule has 0 saturated carbocycles. The van der Waals surface area contributed by atoms with Gasteiger partial charge >= 0.3 is 0 Å². The molecule has 4 aromatic rings. The summed E-state index contributed by atoms with van der Waals surface area (Å²) in [5.74, 6) is 0.276. The quantitative estimate of drug-likeness (QED) is 0.268. The number of nitrogens with zero attached hydrogens (tertiary/aromatic N) is 1. The number of fused-ring (bicyclic) bond motifs is 8. The minimum absolute atomic E-state index is 0.160. The van der Waals surface area contributed by atoms with Crippen LogP contribution in [0.3, 0.4) is 0 Å². The summed E-state index contributed by atoms with van der Waals surface area (Å²) in [6.45, 7) is 4.39. The molecule has 4 heteroatoms. The van der Waals surface area contributed by atoms with Crippen LogP contribution in [0.15, 0.2) is 96.4 Å². The third-order valence-corrected chi connectivity index (χ3v) is 8.52. The van der Waals surface area contributed by atoms with E-state index in [0.717, 1.165) is 49.9 Å². The second-order valence-corrected chi connectivity index (χ2v) is 11.0. The molecule has 1 heterocycles. The smallest absolute Gasteiger partial charge is 0.174 e. The first-order valence-electron chi connectivity index (χ1n) is 13.2. The van der Waals surface area contributed by atoms with Crippen LogP contribution in [0.1, 0.15) is 54.5 Å². The maximum absolute atomic E-state index is 14.1. The SMILES string of the molecule is CC1(C)c2cc(C#N)ccc2-c2c1c1c(c3ccccc23)OC(C2=CC=C(F)CC2)(c2ccc(F)cc2)C=C1. The van der Waals surface area contributed by atoms with Gasteiger partial charge in [-0.3, -0.25) is 0 Å². The Labute approximate surface area is 226 Å². The van der Waals surface area contributed by atoms with E-state index in [-0.39, 0.29) is 17.1 Å². The highest BCUT2D eigenvalue weighted by Crippen LogP contribution is 2.58. The average Bonchev–Trinajstić information content (AvgIpc) is 3.20. The van der Waals surface area contributed by atoms with Crippen LogP contribution in [-0.2, 0) is 11.0 Å². The monoisotopic (exact) mass is 513 g/mol. The second kappa shape index (κ2) is 8.25. The number of benzene rings is 4. The summed E-state index contributed by atoms with van der Waals surface area (Å²) in [6, 6.07) is 22.9. The third-order valence-electron chi connectivity index (χ3n) is 8.52. The van der Waals surface area contributed by atoms with Gasteiger partial charge < -0.3 is 4.74 Å². The zero-order valence-electron chi connectivity index (χ0n) is 21.7. The number of halogens is 2. The Morgan fingerprint density at radius 2 is 1.67 bits per heavy atom. The van der Waals surface area contributed by atoms with E-state index >= 15 is 0 Å². The molecule has 2 aliphatic carbocycles. The van der Waals surface area contributed by atoms with E-state index in [1.165, 1.54) is 23.8 Å². The van der Waals surface area contributed by atoms with Crippen LogP contribution in [0.2, 0.25) is 0 Å². The lowest BCUT2D eigenvalue weighted by Crippen LogP contribution is -2.36. The van der Waals surface area contributed by atoms with Crippen LogP contribution in [0.4, 0.5) is 8.78 Å². The Hall–Kier alpha value is -4.49. The third kappa shape index (κ3) is 3.29. The van der Waals surface area contributed by atoms with Gasteiger partial charge in [0.05, 0.1) is 11.6 Å². The van der Waals surface area contributed by atoms with Crippen molar-refractivity contribution in [3.05, 3.63) is 130 Å². The average molecular weight is 514 g/mol. The molecule has 0 spiro atoms. The van der Waals surface area contributed by atoms with Crippen LogP contribution in [0.5, 0.6) is 5.75 Å². The first-order chi connectivity index (χ1) is 18.8. The molecule has 0 radical (unpaired) electrons. The van der Waals surface area contributed by atoms with Gasteiger partial charge in [-0.25, -0.2) is 8.78 Å². The Balaban J connectivity index is 1.53. The molecule has 1 unspecified atom stereocenters. The van der Waals surface area contributed by atoms with Crippen LogP contribution in [0.25, 0.3) is 28.0 Å². The fourth-order valence-corrected chi connectivity index (χ4v) is 6.64. The zero-order valence-corrected chi connectivity index (χ0v) is 21.7. The van der Waals surface area contributed by atoms with Gasteiger partial charge in [0.25, 0.3) is 0 Å². The van der Waals surface area contributed by atoms with E-state index in [2.05, 4.69) is 44.2 Å². The first-order valence-corrected chi connectivity index (χ1v) is 13.2. The molecule has 0 amide bonds. The van der Waals surface area contributed by atoms with Crippen molar-refractivity contribution in [2.45, 2.75) is 37.7 Å². The van der Waals surface area contributed by atoms with E-state index in [1.807, 2.05) is 30.3 Å². The van der Waals surface area contributed by atoms with Gasteiger partial charge in [0, 0.05) is 28.3 Å². The molecule has 3 aliphatic rings. The van der Waals surface area contributed by atoms with Gasteiger partial charge in [0.2, 0.25) is 0 Å². The van der Waals surface area contributed by atoms with E-state index < -0.39 is 5.60 Å². The van der Waals surface area contributed by atoms with Crippen molar-refractivity contribution >= 4 is 16.8 Å². The summed E-state index contributed by atoms with van der Waals surface area (Å²) in [6.07, 6.45) is 8.27. The lowest BCUT2D eigenvalue weighted by Gasteiger charge is -2.40. The van der Waals surface area contributed by atoms with E-state index in [9.17, 15) is 14.0 Å². The van der Waals surface area contributed by atoms with E-state index in [0.29, 0.717) is 18.4 Å². The fourth-order valence-electron chi connectivity index (χ4n) is 6.64. The van der Waals surface area contributed by atoms with Crippen molar-refractivity contribution < 1.29 is 13.5 Å². The predicted molar refractivity (Wildman–Crippen MR) is 150 cm³/mol. The molecular weight excluding hydrogens is 488 g/mol. The largest absolute Gasteiger partial charge is 0.473 e. The van der Waals surface area contributed by atoms with Gasteiger partial charge in [0.1, 0.15) is 17.4 Å². The number of allylic oxidation sites excluding steroid dienone is 3. The maximum Gasteiger partial charge on any atom is 0.174 e. The highest BCUT2D eigenvalue weighted by atomic mass is 19.1. The molecule has 39 heavy (non-hydrogen) atoms. The van der Waals surface area contributed by atoms with Crippen LogP contribution < -0.4 is 4.74 Å². The van der Waals surface area contributed by atoms with Crippen molar-refractivity contribution in [1.82, 2.24) is 0 Å². The van der Waals surface area contributed by atoms with Gasteiger partial charge in [-0.1, -0.05) is 68.5 Å². The summed E-state index contributed by atoms with van der Waals surface area (Å²) in [5, 5.41) is 11.7. The number of rotatable bonds is 2. The molecule has 2 nitrogen and oxygen atoms in total. The molecule has 4 aromatic carbocycles. The standard InChI is InChI=1S/C35H25F2NO/c1-34(2)30-19-21(20-38)7-16-28(30)31-26-5-3-4-6-27(26)33-29(32(31)34)17-18-35(39-33,22-8-12-24(36)13-9-22)23-10-14-25(37)15-11-23/h3-10,12-14,16-19H,11,15H2,1-2H3. The molecule has 0 aromatic heterocycles. The van der Waals surface area contributed by atoms with Crippen molar-refractivity contribution in [2.75, 3.05) is 0 Å². The lowest BCUT2D eigenvalue weighted by molar-refractivity contribution is 0.153.